The zero-order valence-corrected chi connectivity index (χ0v) is 10.00. The zero-order chi connectivity index (χ0) is 12.2. The van der Waals surface area contributed by atoms with Crippen LogP contribution in [0.25, 0.3) is 0 Å². The Kier molecular flexibility index (Phi) is 4.45. The first-order valence-corrected chi connectivity index (χ1v) is 6.78. The number of ether oxygens (including phenoxy) is 1. The van der Waals surface area contributed by atoms with Crippen molar-refractivity contribution in [3.8, 4) is 0 Å². The van der Waals surface area contributed by atoms with Gasteiger partial charge in [-0.25, -0.2) is 13.1 Å². The summed E-state index contributed by atoms with van der Waals surface area (Å²) in [6, 6.07) is -0.269. The molecule has 1 heterocycles. The normalized spacial score (nSPS) is 21.8. The number of rotatable bonds is 4. The lowest BCUT2D eigenvalue weighted by Crippen LogP contribution is -2.53. The molecule has 0 aromatic rings. The Bertz CT molecular complexity index is 366. The summed E-state index contributed by atoms with van der Waals surface area (Å²) >= 11 is 0. The van der Waals surface area contributed by atoms with Crippen LogP contribution >= 0.6 is 0 Å². The number of sulfonamides is 1. The maximum Gasteiger partial charge on any atom is 0.246 e. The third kappa shape index (κ3) is 3.92. The quantitative estimate of drug-likeness (QED) is 0.644. The molecule has 1 unspecified atom stereocenters. The molecule has 0 aliphatic carbocycles. The Morgan fingerprint density at radius 3 is 2.94 bits per heavy atom. The topological polar surface area (TPSA) is 75.7 Å². The third-order valence-electron chi connectivity index (χ3n) is 2.27. The van der Waals surface area contributed by atoms with Crippen LogP contribution in [0.15, 0.2) is 12.7 Å². The second-order valence-electron chi connectivity index (χ2n) is 3.59. The van der Waals surface area contributed by atoms with Gasteiger partial charge in [-0.3, -0.25) is 4.79 Å². The van der Waals surface area contributed by atoms with E-state index < -0.39 is 10.0 Å². The highest BCUT2D eigenvalue weighted by Crippen LogP contribution is 2.07. The molecule has 1 atom stereocenters. The molecule has 1 saturated heterocycles. The van der Waals surface area contributed by atoms with Gasteiger partial charge >= 0.3 is 0 Å². The Morgan fingerprint density at radius 2 is 2.38 bits per heavy atom. The van der Waals surface area contributed by atoms with Crippen LogP contribution in [0, 0.1) is 0 Å². The predicted octanol–water partition coefficient (Wildman–Crippen LogP) is -1.05. The highest BCUT2D eigenvalue weighted by molar-refractivity contribution is 7.88. The summed E-state index contributed by atoms with van der Waals surface area (Å²) in [6.45, 7) is 4.84. The van der Waals surface area contributed by atoms with Gasteiger partial charge in [0, 0.05) is 13.1 Å². The summed E-state index contributed by atoms with van der Waals surface area (Å²) in [5.74, 6) is -0.205. The fourth-order valence-corrected chi connectivity index (χ4v) is 1.97. The van der Waals surface area contributed by atoms with Crippen LogP contribution in [-0.4, -0.2) is 57.8 Å². The molecule has 0 bridgehead atoms. The monoisotopic (exact) mass is 248 g/mol. The van der Waals surface area contributed by atoms with E-state index in [2.05, 4.69) is 11.3 Å². The molecule has 1 rings (SSSR count). The highest BCUT2D eigenvalue weighted by atomic mass is 32.2. The molecule has 1 amide bonds. The van der Waals surface area contributed by atoms with Gasteiger partial charge in [0.05, 0.1) is 25.5 Å². The molecular weight excluding hydrogens is 232 g/mol. The van der Waals surface area contributed by atoms with Crippen molar-refractivity contribution < 1.29 is 17.9 Å². The molecule has 16 heavy (non-hydrogen) atoms. The molecule has 0 spiro atoms. The van der Waals surface area contributed by atoms with E-state index in [1.54, 1.807) is 4.90 Å². The van der Waals surface area contributed by atoms with Crippen LogP contribution in [0.4, 0.5) is 0 Å². The van der Waals surface area contributed by atoms with Crippen LogP contribution in [0.2, 0.25) is 0 Å². The molecule has 1 aliphatic heterocycles. The molecule has 1 aliphatic rings. The maximum atomic E-state index is 11.5. The van der Waals surface area contributed by atoms with Crippen molar-refractivity contribution in [1.29, 1.82) is 0 Å². The Morgan fingerprint density at radius 1 is 1.69 bits per heavy atom. The van der Waals surface area contributed by atoms with Crippen LogP contribution in [-0.2, 0) is 19.6 Å². The van der Waals surface area contributed by atoms with Crippen LogP contribution in [0.3, 0.4) is 0 Å². The van der Waals surface area contributed by atoms with Gasteiger partial charge < -0.3 is 9.64 Å². The van der Waals surface area contributed by atoms with E-state index in [1.807, 2.05) is 0 Å². The number of carbonyl (C=O) groups is 1. The molecule has 7 heteroatoms. The standard InChI is InChI=1S/C9H16N2O4S/c1-3-9(12)11-4-5-15-7-8(11)6-10-16(2,13)14/h3,8,10H,1,4-7H2,2H3. The average molecular weight is 248 g/mol. The van der Waals surface area contributed by atoms with E-state index in [0.29, 0.717) is 19.8 Å². The fraction of sp³-hybridized carbons (Fsp3) is 0.667. The summed E-state index contributed by atoms with van der Waals surface area (Å²) in [7, 11) is -3.25. The van der Waals surface area contributed by atoms with Crippen LogP contribution < -0.4 is 4.72 Å². The van der Waals surface area contributed by atoms with Gasteiger partial charge in [-0.15, -0.1) is 0 Å². The zero-order valence-electron chi connectivity index (χ0n) is 9.18. The van der Waals surface area contributed by atoms with Gasteiger partial charge in [0.25, 0.3) is 0 Å². The fourth-order valence-electron chi connectivity index (χ4n) is 1.48. The summed E-state index contributed by atoms with van der Waals surface area (Å²) < 4.78 is 29.5. The van der Waals surface area contributed by atoms with Crippen molar-refractivity contribution in [3.63, 3.8) is 0 Å². The molecule has 1 fully saturated rings. The van der Waals surface area contributed by atoms with E-state index in [1.165, 1.54) is 6.08 Å². The lowest BCUT2D eigenvalue weighted by Gasteiger charge is -2.34. The summed E-state index contributed by atoms with van der Waals surface area (Å²) in [6.07, 6.45) is 2.30. The average Bonchev–Trinajstić information content (AvgIpc) is 2.25. The Hall–Kier alpha value is -0.920. The molecule has 1 N–H and O–H groups in total. The maximum absolute atomic E-state index is 11.5. The van der Waals surface area contributed by atoms with Crippen molar-refractivity contribution >= 4 is 15.9 Å². The van der Waals surface area contributed by atoms with Gasteiger partial charge in [-0.05, 0) is 6.08 Å². The lowest BCUT2D eigenvalue weighted by atomic mass is 10.2. The number of morpholine rings is 1. The van der Waals surface area contributed by atoms with Gasteiger partial charge in [0.15, 0.2) is 0 Å². The number of hydrogen-bond acceptors (Lipinski definition) is 4. The number of nitrogens with zero attached hydrogens (tertiary/aromatic N) is 1. The van der Waals surface area contributed by atoms with E-state index in [4.69, 9.17) is 4.74 Å². The number of hydrogen-bond donors (Lipinski definition) is 1. The molecule has 0 aromatic heterocycles. The minimum absolute atomic E-state index is 0.165. The summed E-state index contributed by atoms with van der Waals surface area (Å²) in [5.41, 5.74) is 0. The van der Waals surface area contributed by atoms with Gasteiger partial charge in [0.1, 0.15) is 0 Å². The number of carbonyl (C=O) groups excluding carboxylic acids is 1. The number of nitrogens with one attached hydrogen (secondary N) is 1. The SMILES string of the molecule is C=CC(=O)N1CCOCC1CNS(C)(=O)=O. The van der Waals surface area contributed by atoms with Crippen molar-refractivity contribution in [2.45, 2.75) is 6.04 Å². The Balaban J connectivity index is 2.60. The van der Waals surface area contributed by atoms with Crippen LogP contribution in [0.1, 0.15) is 0 Å². The molecule has 0 saturated carbocycles. The molecular formula is C9H16N2O4S. The first-order valence-electron chi connectivity index (χ1n) is 4.89. The third-order valence-corrected chi connectivity index (χ3v) is 2.96. The smallest absolute Gasteiger partial charge is 0.246 e. The van der Waals surface area contributed by atoms with E-state index in [9.17, 15) is 13.2 Å². The Labute approximate surface area is 95.3 Å². The first-order chi connectivity index (χ1) is 7.44. The van der Waals surface area contributed by atoms with Crippen LogP contribution in [0.5, 0.6) is 0 Å². The lowest BCUT2D eigenvalue weighted by molar-refractivity contribution is -0.134. The van der Waals surface area contributed by atoms with Crippen molar-refractivity contribution in [2.24, 2.45) is 0 Å². The molecule has 6 nitrogen and oxygen atoms in total. The number of amides is 1. The van der Waals surface area contributed by atoms with Gasteiger partial charge in [-0.1, -0.05) is 6.58 Å². The summed E-state index contributed by atoms with van der Waals surface area (Å²) in [5, 5.41) is 0. The van der Waals surface area contributed by atoms with E-state index >= 15 is 0 Å². The second kappa shape index (κ2) is 5.42. The minimum Gasteiger partial charge on any atom is -0.377 e. The van der Waals surface area contributed by atoms with Crippen molar-refractivity contribution in [2.75, 3.05) is 32.6 Å². The van der Waals surface area contributed by atoms with Crippen molar-refractivity contribution in [1.82, 2.24) is 9.62 Å². The molecule has 92 valence electrons. The van der Waals surface area contributed by atoms with Crippen molar-refractivity contribution in [3.05, 3.63) is 12.7 Å². The largest absolute Gasteiger partial charge is 0.377 e. The van der Waals surface area contributed by atoms with E-state index in [-0.39, 0.29) is 18.5 Å². The highest BCUT2D eigenvalue weighted by Gasteiger charge is 2.26. The predicted molar refractivity (Wildman–Crippen MR) is 59.4 cm³/mol. The second-order valence-corrected chi connectivity index (χ2v) is 5.42. The van der Waals surface area contributed by atoms with E-state index in [0.717, 1.165) is 6.26 Å². The summed E-state index contributed by atoms with van der Waals surface area (Å²) in [4.78, 5) is 13.0. The molecule has 0 aromatic carbocycles. The minimum atomic E-state index is -3.25. The first kappa shape index (κ1) is 13.1. The molecule has 0 radical (unpaired) electrons. The van der Waals surface area contributed by atoms with Gasteiger partial charge in [0.2, 0.25) is 15.9 Å². The van der Waals surface area contributed by atoms with Gasteiger partial charge in [-0.2, -0.15) is 0 Å².